The van der Waals surface area contributed by atoms with Gasteiger partial charge in [-0.25, -0.2) is 0 Å². The molecule has 0 aliphatic heterocycles. The lowest BCUT2D eigenvalue weighted by Gasteiger charge is -2.68. The van der Waals surface area contributed by atoms with Gasteiger partial charge in [-0.05, 0) is 110 Å². The van der Waals surface area contributed by atoms with E-state index in [1.807, 2.05) is 44.2 Å². The molecule has 238 valence electrons. The van der Waals surface area contributed by atoms with Gasteiger partial charge in [0.25, 0.3) is 0 Å². The molecule has 0 bridgehead atoms. The molecule has 0 saturated heterocycles. The van der Waals surface area contributed by atoms with Gasteiger partial charge in [0.05, 0.1) is 5.41 Å². The maximum atomic E-state index is 13.8. The first-order valence-corrected chi connectivity index (χ1v) is 17.4. The van der Waals surface area contributed by atoms with E-state index >= 15 is 0 Å². The van der Waals surface area contributed by atoms with Crippen molar-refractivity contribution in [3.63, 3.8) is 0 Å². The molecule has 0 aromatic heterocycles. The zero-order valence-electron chi connectivity index (χ0n) is 25.7. The average molecular weight is 623 g/mol. The number of alkyl halides is 3. The summed E-state index contributed by atoms with van der Waals surface area (Å²) in [6.45, 7) is 8.70. The highest BCUT2D eigenvalue weighted by Crippen LogP contribution is 2.73. The fourth-order valence-corrected chi connectivity index (χ4v) is 11.9. The molecule has 0 radical (unpaired) electrons. The zero-order valence-corrected chi connectivity index (χ0v) is 26.5. The van der Waals surface area contributed by atoms with Crippen molar-refractivity contribution in [1.82, 2.24) is 0 Å². The number of rotatable bonds is 5. The molecule has 0 heterocycles. The van der Waals surface area contributed by atoms with Gasteiger partial charge >= 0.3 is 21.6 Å². The molecule has 9 heteroatoms. The third-order valence-corrected chi connectivity index (χ3v) is 14.1. The van der Waals surface area contributed by atoms with Crippen molar-refractivity contribution in [2.75, 3.05) is 0 Å². The Kier molecular flexibility index (Phi) is 7.38. The van der Waals surface area contributed by atoms with E-state index in [0.29, 0.717) is 36.7 Å². The summed E-state index contributed by atoms with van der Waals surface area (Å²) in [7, 11) is -5.72. The Hall–Kier alpha value is -2.03. The van der Waals surface area contributed by atoms with Crippen LogP contribution in [-0.4, -0.2) is 19.9 Å². The van der Waals surface area contributed by atoms with Crippen molar-refractivity contribution in [3.05, 3.63) is 47.7 Å². The number of carbonyl (C=O) groups excluding carboxylic acids is 1. The molecule has 43 heavy (non-hydrogen) atoms. The lowest BCUT2D eigenvalue weighted by molar-refractivity contribution is -0.194. The number of esters is 1. The average Bonchev–Trinajstić information content (AvgIpc) is 3.39. The van der Waals surface area contributed by atoms with E-state index in [0.717, 1.165) is 63.4 Å². The molecule has 5 aliphatic carbocycles. The number of benzene rings is 1. The van der Waals surface area contributed by atoms with E-state index in [9.17, 15) is 26.4 Å². The third-order valence-electron chi connectivity index (χ3n) is 13.1. The van der Waals surface area contributed by atoms with Gasteiger partial charge < -0.3 is 8.92 Å². The Bertz CT molecular complexity index is 1390. The molecule has 8 atom stereocenters. The van der Waals surface area contributed by atoms with Crippen LogP contribution in [0.2, 0.25) is 0 Å². The molecular formula is C34H45F3O5S. The summed E-state index contributed by atoms with van der Waals surface area (Å²) in [4.78, 5) is 13.8. The van der Waals surface area contributed by atoms with Crippen molar-refractivity contribution < 1.29 is 35.3 Å². The van der Waals surface area contributed by atoms with E-state index in [-0.39, 0.29) is 28.5 Å². The number of allylic oxidation sites excluding steroid dienone is 2. The highest BCUT2D eigenvalue weighted by atomic mass is 32.2. The lowest BCUT2D eigenvalue weighted by Crippen LogP contribution is -2.61. The molecule has 5 aliphatic rings. The number of carbonyl (C=O) groups is 1. The maximum Gasteiger partial charge on any atom is 0.534 e. The molecule has 0 N–H and O–H groups in total. The first-order chi connectivity index (χ1) is 20.1. The summed E-state index contributed by atoms with van der Waals surface area (Å²) in [5, 5.41) is 0. The summed E-state index contributed by atoms with van der Waals surface area (Å²) in [5.74, 6) is 1.53. The van der Waals surface area contributed by atoms with Gasteiger partial charge in [0.1, 0.15) is 12.4 Å². The molecule has 3 unspecified atom stereocenters. The molecule has 4 fully saturated rings. The van der Waals surface area contributed by atoms with Gasteiger partial charge in [0.2, 0.25) is 0 Å². The predicted octanol–water partition coefficient (Wildman–Crippen LogP) is 8.56. The summed E-state index contributed by atoms with van der Waals surface area (Å²) >= 11 is 0. The first-order valence-electron chi connectivity index (χ1n) is 16.0. The van der Waals surface area contributed by atoms with Crippen molar-refractivity contribution in [2.24, 2.45) is 51.2 Å². The topological polar surface area (TPSA) is 69.7 Å². The Morgan fingerprint density at radius 2 is 1.60 bits per heavy atom. The number of hydrogen-bond acceptors (Lipinski definition) is 5. The third kappa shape index (κ3) is 4.68. The highest BCUT2D eigenvalue weighted by Gasteiger charge is 2.67. The van der Waals surface area contributed by atoms with Crippen LogP contribution < -0.4 is 0 Å². The van der Waals surface area contributed by atoms with Crippen molar-refractivity contribution in [2.45, 2.75) is 104 Å². The van der Waals surface area contributed by atoms with E-state index in [1.54, 1.807) is 6.08 Å². The molecular weight excluding hydrogens is 577 g/mol. The summed E-state index contributed by atoms with van der Waals surface area (Å²) < 4.78 is 74.3. The maximum absolute atomic E-state index is 13.8. The Labute approximate surface area is 254 Å². The fraction of sp³-hybridized carbons (Fsp3) is 0.735. The van der Waals surface area contributed by atoms with Gasteiger partial charge in [-0.3, -0.25) is 4.79 Å². The molecule has 6 rings (SSSR count). The van der Waals surface area contributed by atoms with Crippen LogP contribution in [0, 0.1) is 51.2 Å². The van der Waals surface area contributed by atoms with Crippen LogP contribution in [0.3, 0.4) is 0 Å². The SMILES string of the molecule is CC1(C)C(OS(=O)(=O)C(F)(F)F)=CC[C@@]2(C)C1CC[C@@]1(C)C3CC[C@@]4(C(=O)OCc5ccccc5)CCC[C@@H]4[C@H]3CCC12. The van der Waals surface area contributed by atoms with Gasteiger partial charge in [-0.15, -0.1) is 0 Å². The number of hydrogen-bond donors (Lipinski definition) is 0. The van der Waals surface area contributed by atoms with E-state index < -0.39 is 26.5 Å². The van der Waals surface area contributed by atoms with Crippen molar-refractivity contribution in [1.29, 1.82) is 0 Å². The second-order valence-electron chi connectivity index (χ2n) is 15.2. The summed E-state index contributed by atoms with van der Waals surface area (Å²) in [6.07, 6.45) is 10.8. The fourth-order valence-electron chi connectivity index (χ4n) is 11.3. The lowest BCUT2D eigenvalue weighted by atomic mass is 9.37. The smallest absolute Gasteiger partial charge is 0.460 e. The van der Waals surface area contributed by atoms with Crippen molar-refractivity contribution in [3.8, 4) is 0 Å². The van der Waals surface area contributed by atoms with E-state index in [4.69, 9.17) is 8.92 Å². The Morgan fingerprint density at radius 3 is 2.30 bits per heavy atom. The number of ether oxygens (including phenoxy) is 1. The summed E-state index contributed by atoms with van der Waals surface area (Å²) in [5.41, 5.74) is -5.83. The molecule has 4 saturated carbocycles. The van der Waals surface area contributed by atoms with Gasteiger partial charge in [0.15, 0.2) is 0 Å². The molecule has 5 nitrogen and oxygen atoms in total. The molecule has 0 spiro atoms. The van der Waals surface area contributed by atoms with Crippen LogP contribution in [0.5, 0.6) is 0 Å². The van der Waals surface area contributed by atoms with Gasteiger partial charge in [0, 0.05) is 5.41 Å². The van der Waals surface area contributed by atoms with Crippen LogP contribution in [0.25, 0.3) is 0 Å². The van der Waals surface area contributed by atoms with Gasteiger partial charge in [-0.2, -0.15) is 21.6 Å². The van der Waals surface area contributed by atoms with Crippen LogP contribution in [0.15, 0.2) is 42.2 Å². The van der Waals surface area contributed by atoms with E-state index in [2.05, 4.69) is 13.8 Å². The summed E-state index contributed by atoms with van der Waals surface area (Å²) in [6, 6.07) is 9.85. The normalized spacial score (nSPS) is 40.3. The van der Waals surface area contributed by atoms with Crippen LogP contribution >= 0.6 is 0 Å². The number of halogens is 3. The van der Waals surface area contributed by atoms with Crippen LogP contribution in [0.4, 0.5) is 13.2 Å². The zero-order chi connectivity index (χ0) is 31.1. The standard InChI is InChI=1S/C34H45F3O5S/c1-30(2)26-15-18-31(3)24-14-20-33(29(38)41-21-22-9-6-5-7-10-22)17-8-11-25(33)23(24)12-13-27(31)32(26,4)19-16-28(30)42-43(39,40)34(35,36)37/h5-7,9-10,16,23-27H,8,11-15,17-21H2,1-4H3/t23-,24?,25+,26?,27?,31-,32-,33-/m0/s1. The quantitative estimate of drug-likeness (QED) is 0.187. The molecule has 1 aromatic rings. The highest BCUT2D eigenvalue weighted by molar-refractivity contribution is 7.87. The van der Waals surface area contributed by atoms with Gasteiger partial charge in [-0.1, -0.05) is 64.4 Å². The van der Waals surface area contributed by atoms with Crippen LogP contribution in [0.1, 0.15) is 97.5 Å². The predicted molar refractivity (Wildman–Crippen MR) is 156 cm³/mol. The number of fused-ring (bicyclic) bond motifs is 7. The molecule has 0 amide bonds. The Morgan fingerprint density at radius 1 is 0.884 bits per heavy atom. The molecule has 1 aromatic carbocycles. The largest absolute Gasteiger partial charge is 0.534 e. The first kappa shape index (κ1) is 31.0. The second-order valence-corrected chi connectivity index (χ2v) is 16.8. The van der Waals surface area contributed by atoms with Crippen LogP contribution in [-0.2, 0) is 30.4 Å². The van der Waals surface area contributed by atoms with Crippen molar-refractivity contribution >= 4 is 16.1 Å². The second kappa shape index (κ2) is 10.2. The minimum atomic E-state index is -5.72. The minimum Gasteiger partial charge on any atom is -0.460 e. The minimum absolute atomic E-state index is 0.000171. The Balaban J connectivity index is 1.23. The van der Waals surface area contributed by atoms with E-state index in [1.165, 1.54) is 0 Å². The monoisotopic (exact) mass is 622 g/mol.